The number of fused-ring (bicyclic) bond motifs is 1. The quantitative estimate of drug-likeness (QED) is 0.181. The molecule has 0 fully saturated rings. The van der Waals surface area contributed by atoms with Crippen LogP contribution < -0.4 is 10.4 Å². The van der Waals surface area contributed by atoms with Gasteiger partial charge in [-0.05, 0) is 55.2 Å². The number of esters is 1. The van der Waals surface area contributed by atoms with Crippen LogP contribution in [-0.4, -0.2) is 24.2 Å². The molecule has 0 aliphatic rings. The predicted octanol–water partition coefficient (Wildman–Crippen LogP) is 6.00. The van der Waals surface area contributed by atoms with Gasteiger partial charge in [-0.15, -0.1) is 0 Å². The number of rotatable bonds is 13. The second-order valence-electron chi connectivity index (χ2n) is 8.04. The zero-order chi connectivity index (χ0) is 23.5. The van der Waals surface area contributed by atoms with E-state index in [0.717, 1.165) is 54.4 Å². The van der Waals surface area contributed by atoms with Crippen LogP contribution in [0.3, 0.4) is 0 Å². The van der Waals surface area contributed by atoms with Gasteiger partial charge in [-0.2, -0.15) is 0 Å². The fourth-order valence-corrected chi connectivity index (χ4v) is 3.65. The van der Waals surface area contributed by atoms with E-state index in [1.54, 1.807) is 18.5 Å². The standard InChI is InChI=1S/C27H31NO5/c1-3-26(29)32-16-10-8-6-4-5-7-9-15-31-24-12-11-21(17-20(24)2)23-18-22-19-28-14-13-25(22)33-27(23)30/h3,11-14,17-19H,1,4-10,15-16H2,2H3. The molecule has 0 aliphatic carbocycles. The number of pyridine rings is 1. The highest BCUT2D eigenvalue weighted by molar-refractivity contribution is 5.81. The first-order valence-electron chi connectivity index (χ1n) is 11.5. The van der Waals surface area contributed by atoms with E-state index < -0.39 is 0 Å². The molecule has 1 aromatic carbocycles. The van der Waals surface area contributed by atoms with Gasteiger partial charge in [0.2, 0.25) is 0 Å². The van der Waals surface area contributed by atoms with Crippen molar-refractivity contribution in [1.29, 1.82) is 0 Å². The lowest BCUT2D eigenvalue weighted by Gasteiger charge is -2.11. The SMILES string of the molecule is C=CC(=O)OCCCCCCCCCOc1ccc(-c2cc3cnccc3oc2=O)cc1C. The molecule has 0 N–H and O–H groups in total. The number of aryl methyl sites for hydroxylation is 1. The normalized spacial score (nSPS) is 10.8. The van der Waals surface area contributed by atoms with Crippen molar-refractivity contribution in [1.82, 2.24) is 4.98 Å². The minimum absolute atomic E-state index is 0.350. The average molecular weight is 450 g/mol. The number of nitrogens with zero attached hydrogens (tertiary/aromatic N) is 1. The minimum Gasteiger partial charge on any atom is -0.493 e. The molecule has 6 heteroatoms. The third-order valence-corrected chi connectivity index (χ3v) is 5.48. The van der Waals surface area contributed by atoms with Crippen molar-refractivity contribution < 1.29 is 18.7 Å². The Balaban J connectivity index is 1.38. The summed E-state index contributed by atoms with van der Waals surface area (Å²) in [5, 5.41) is 0.793. The van der Waals surface area contributed by atoms with Crippen molar-refractivity contribution in [2.45, 2.75) is 51.9 Å². The molecule has 6 nitrogen and oxygen atoms in total. The van der Waals surface area contributed by atoms with Gasteiger partial charge in [-0.3, -0.25) is 4.98 Å². The molecule has 0 amide bonds. The van der Waals surface area contributed by atoms with Gasteiger partial charge in [0, 0.05) is 23.9 Å². The average Bonchev–Trinajstić information content (AvgIpc) is 2.82. The van der Waals surface area contributed by atoms with Crippen LogP contribution in [0.2, 0.25) is 0 Å². The van der Waals surface area contributed by atoms with Gasteiger partial charge >= 0.3 is 11.6 Å². The number of benzene rings is 1. The van der Waals surface area contributed by atoms with E-state index in [1.807, 2.05) is 31.2 Å². The molecule has 0 aliphatic heterocycles. The maximum absolute atomic E-state index is 12.4. The van der Waals surface area contributed by atoms with Gasteiger partial charge in [0.15, 0.2) is 0 Å². The summed E-state index contributed by atoms with van der Waals surface area (Å²) in [6, 6.07) is 9.26. The molecule has 174 valence electrons. The predicted molar refractivity (Wildman–Crippen MR) is 129 cm³/mol. The second-order valence-corrected chi connectivity index (χ2v) is 8.04. The highest BCUT2D eigenvalue weighted by Gasteiger charge is 2.10. The van der Waals surface area contributed by atoms with E-state index in [2.05, 4.69) is 11.6 Å². The van der Waals surface area contributed by atoms with Crippen molar-refractivity contribution in [2.24, 2.45) is 0 Å². The zero-order valence-corrected chi connectivity index (χ0v) is 19.2. The Morgan fingerprint density at radius 1 is 1.03 bits per heavy atom. The van der Waals surface area contributed by atoms with Gasteiger partial charge in [-0.25, -0.2) is 9.59 Å². The van der Waals surface area contributed by atoms with Crippen LogP contribution in [0.15, 0.2) is 64.6 Å². The highest BCUT2D eigenvalue weighted by atomic mass is 16.5. The Kier molecular flexibility index (Phi) is 9.24. The third-order valence-electron chi connectivity index (χ3n) is 5.48. The Morgan fingerprint density at radius 3 is 2.48 bits per heavy atom. The van der Waals surface area contributed by atoms with Crippen molar-refractivity contribution in [3.05, 3.63) is 71.4 Å². The summed E-state index contributed by atoms with van der Waals surface area (Å²) >= 11 is 0. The van der Waals surface area contributed by atoms with Crippen LogP contribution in [0.25, 0.3) is 22.1 Å². The van der Waals surface area contributed by atoms with Gasteiger partial charge < -0.3 is 13.9 Å². The number of carbonyl (C=O) groups is 1. The van der Waals surface area contributed by atoms with Crippen LogP contribution in [-0.2, 0) is 9.53 Å². The summed E-state index contributed by atoms with van der Waals surface area (Å²) in [7, 11) is 0. The Morgan fingerprint density at radius 2 is 1.76 bits per heavy atom. The van der Waals surface area contributed by atoms with Crippen molar-refractivity contribution in [3.63, 3.8) is 0 Å². The first-order valence-corrected chi connectivity index (χ1v) is 11.5. The topological polar surface area (TPSA) is 78.6 Å². The van der Waals surface area contributed by atoms with Gasteiger partial charge in [0.1, 0.15) is 11.3 Å². The molecule has 0 saturated heterocycles. The summed E-state index contributed by atoms with van der Waals surface area (Å²) in [6.45, 7) is 6.50. The number of aromatic nitrogens is 1. The molecule has 0 atom stereocenters. The highest BCUT2D eigenvalue weighted by Crippen LogP contribution is 2.26. The summed E-state index contributed by atoms with van der Waals surface area (Å²) in [6.07, 6.45) is 12.1. The molecule has 3 aromatic rings. The summed E-state index contributed by atoms with van der Waals surface area (Å²) < 4.78 is 16.3. The smallest absolute Gasteiger partial charge is 0.344 e. The molecule has 2 aromatic heterocycles. The van der Waals surface area contributed by atoms with E-state index in [1.165, 1.54) is 18.9 Å². The molecule has 0 radical (unpaired) electrons. The molecular weight excluding hydrogens is 418 g/mol. The number of hydrogen-bond acceptors (Lipinski definition) is 6. The Labute approximate surface area is 194 Å². The van der Waals surface area contributed by atoms with E-state index >= 15 is 0 Å². The molecule has 33 heavy (non-hydrogen) atoms. The van der Waals surface area contributed by atoms with Gasteiger partial charge in [-0.1, -0.05) is 44.7 Å². The van der Waals surface area contributed by atoms with Crippen LogP contribution in [0.4, 0.5) is 0 Å². The van der Waals surface area contributed by atoms with Crippen LogP contribution in [0.1, 0.15) is 50.5 Å². The molecule has 0 unspecified atom stereocenters. The molecule has 0 saturated carbocycles. The van der Waals surface area contributed by atoms with Gasteiger partial charge in [0.05, 0.1) is 18.8 Å². The van der Waals surface area contributed by atoms with Crippen LogP contribution in [0, 0.1) is 6.92 Å². The lowest BCUT2D eigenvalue weighted by atomic mass is 10.0. The zero-order valence-electron chi connectivity index (χ0n) is 19.2. The summed E-state index contributed by atoms with van der Waals surface area (Å²) in [4.78, 5) is 27.4. The largest absolute Gasteiger partial charge is 0.493 e. The monoisotopic (exact) mass is 449 g/mol. The Hall–Kier alpha value is -3.41. The van der Waals surface area contributed by atoms with Crippen molar-refractivity contribution in [2.75, 3.05) is 13.2 Å². The van der Waals surface area contributed by atoms with Crippen molar-refractivity contribution >= 4 is 16.9 Å². The molecule has 0 spiro atoms. The van der Waals surface area contributed by atoms with Crippen LogP contribution in [0.5, 0.6) is 5.75 Å². The summed E-state index contributed by atoms with van der Waals surface area (Å²) in [5.41, 5.74) is 2.47. The van der Waals surface area contributed by atoms with E-state index in [9.17, 15) is 9.59 Å². The fraction of sp³-hybridized carbons (Fsp3) is 0.370. The molecule has 0 bridgehead atoms. The fourth-order valence-electron chi connectivity index (χ4n) is 3.65. The third kappa shape index (κ3) is 7.31. The van der Waals surface area contributed by atoms with Crippen LogP contribution >= 0.6 is 0 Å². The number of hydrogen-bond donors (Lipinski definition) is 0. The van der Waals surface area contributed by atoms with E-state index in [0.29, 0.717) is 24.4 Å². The van der Waals surface area contributed by atoms with E-state index in [4.69, 9.17) is 13.9 Å². The van der Waals surface area contributed by atoms with E-state index in [-0.39, 0.29) is 11.6 Å². The first kappa shape index (κ1) is 24.2. The Bertz CT molecular complexity index is 1130. The number of unbranched alkanes of at least 4 members (excludes halogenated alkanes) is 6. The maximum Gasteiger partial charge on any atom is 0.344 e. The number of carbonyl (C=O) groups excluding carboxylic acids is 1. The minimum atomic E-state index is -0.362. The molecule has 3 rings (SSSR count). The van der Waals surface area contributed by atoms with Gasteiger partial charge in [0.25, 0.3) is 0 Å². The van der Waals surface area contributed by atoms with Crippen molar-refractivity contribution in [3.8, 4) is 16.9 Å². The summed E-state index contributed by atoms with van der Waals surface area (Å²) in [5.74, 6) is 0.483. The lowest BCUT2D eigenvalue weighted by Crippen LogP contribution is -2.04. The maximum atomic E-state index is 12.4. The second kappa shape index (κ2) is 12.6. The number of ether oxygens (including phenoxy) is 2. The first-order chi connectivity index (χ1) is 16.1. The molecule has 2 heterocycles. The lowest BCUT2D eigenvalue weighted by molar-refractivity contribution is -0.137. The molecular formula is C27H31NO5.